The molecule has 0 saturated heterocycles. The molecule has 4 N–H and O–H groups in total. The first-order valence-electron chi connectivity index (χ1n) is 11.1. The predicted octanol–water partition coefficient (Wildman–Crippen LogP) is 5.89. The first-order valence-corrected chi connectivity index (χ1v) is 11.9. The average molecular weight is 553 g/mol. The Morgan fingerprint density at radius 2 is 1.39 bits per heavy atom. The molecule has 0 bridgehead atoms. The van der Waals surface area contributed by atoms with E-state index in [1.165, 1.54) is 0 Å². The number of ether oxygens (including phenoxy) is 2. The lowest BCUT2D eigenvalue weighted by molar-refractivity contribution is 0.398. The van der Waals surface area contributed by atoms with Crippen LogP contribution in [0.15, 0.2) is 77.3 Å². The molecule has 4 rings (SSSR count). The third kappa shape index (κ3) is 7.78. The van der Waals surface area contributed by atoms with Gasteiger partial charge in [-0.1, -0.05) is 58.4 Å². The van der Waals surface area contributed by atoms with E-state index in [0.717, 1.165) is 27.0 Å². The van der Waals surface area contributed by atoms with Crippen LogP contribution in [0.2, 0.25) is 0 Å². The van der Waals surface area contributed by atoms with Crippen molar-refractivity contribution < 1.29 is 19.7 Å². The predicted molar refractivity (Wildman–Crippen MR) is 145 cm³/mol. The summed E-state index contributed by atoms with van der Waals surface area (Å²) in [6.45, 7) is 2.90. The summed E-state index contributed by atoms with van der Waals surface area (Å²) in [4.78, 5) is 8.50. The molecule has 2 aromatic heterocycles. The third-order valence-corrected chi connectivity index (χ3v) is 5.60. The number of phenols is 2. The van der Waals surface area contributed by atoms with Crippen molar-refractivity contribution in [3.05, 3.63) is 94.0 Å². The zero-order valence-electron chi connectivity index (χ0n) is 20.3. The van der Waals surface area contributed by atoms with E-state index >= 15 is 0 Å². The molecule has 0 aliphatic heterocycles. The van der Waals surface area contributed by atoms with Gasteiger partial charge in [0.05, 0.1) is 14.2 Å². The number of hydrogen-bond acceptors (Lipinski definition) is 8. The zero-order chi connectivity index (χ0) is 25.9. The van der Waals surface area contributed by atoms with Crippen LogP contribution in [0.3, 0.4) is 0 Å². The van der Waals surface area contributed by atoms with Gasteiger partial charge in [0.1, 0.15) is 23.1 Å². The summed E-state index contributed by atoms with van der Waals surface area (Å²) in [5, 5.41) is 25.8. The Hall–Kier alpha value is -3.98. The molecule has 0 radical (unpaired) electrons. The monoisotopic (exact) mass is 552 g/mol. The van der Waals surface area contributed by atoms with Gasteiger partial charge in [0, 0.05) is 40.8 Å². The highest BCUT2D eigenvalue weighted by Gasteiger charge is 2.05. The fourth-order valence-corrected chi connectivity index (χ4v) is 3.60. The van der Waals surface area contributed by atoms with Crippen LogP contribution in [0, 0.1) is 6.92 Å². The largest absolute Gasteiger partial charge is 0.508 e. The van der Waals surface area contributed by atoms with Crippen LogP contribution in [0.25, 0.3) is 0 Å². The van der Waals surface area contributed by atoms with Crippen LogP contribution < -0.4 is 20.1 Å². The fourth-order valence-electron chi connectivity index (χ4n) is 3.19. The van der Waals surface area contributed by atoms with E-state index < -0.39 is 0 Å². The number of benzene rings is 2. The lowest BCUT2D eigenvalue weighted by Gasteiger charge is -2.09. The third-order valence-electron chi connectivity index (χ3n) is 5.14. The molecule has 36 heavy (non-hydrogen) atoms. The SMILES string of the molecule is COc1cc(Br)cc(NCc2ccccc2O)n1.COc1cccc(NCc2cccc(C)c2O)n1. The summed E-state index contributed by atoms with van der Waals surface area (Å²) in [5.74, 6) is 3.09. The minimum absolute atomic E-state index is 0.270. The number of methoxy groups -OCH3 is 2. The number of aromatic hydroxyl groups is 2. The highest BCUT2D eigenvalue weighted by molar-refractivity contribution is 9.10. The van der Waals surface area contributed by atoms with E-state index in [1.807, 2.05) is 55.5 Å². The second-order valence-electron chi connectivity index (χ2n) is 7.70. The Labute approximate surface area is 219 Å². The summed E-state index contributed by atoms with van der Waals surface area (Å²) in [7, 11) is 3.15. The van der Waals surface area contributed by atoms with E-state index in [4.69, 9.17) is 9.47 Å². The fraction of sp³-hybridized carbons (Fsp3) is 0.185. The average Bonchev–Trinajstić information content (AvgIpc) is 2.89. The first kappa shape index (κ1) is 26.6. The molecular weight excluding hydrogens is 524 g/mol. The smallest absolute Gasteiger partial charge is 0.216 e. The maximum atomic E-state index is 9.89. The molecule has 0 aliphatic carbocycles. The summed E-state index contributed by atoms with van der Waals surface area (Å²) in [6, 6.07) is 22.0. The van der Waals surface area contributed by atoms with Crippen molar-refractivity contribution in [2.45, 2.75) is 20.0 Å². The summed E-state index contributed by atoms with van der Waals surface area (Å²) in [5.41, 5.74) is 2.53. The van der Waals surface area contributed by atoms with Crippen molar-refractivity contribution in [2.75, 3.05) is 24.9 Å². The van der Waals surface area contributed by atoms with Crippen molar-refractivity contribution in [3.8, 4) is 23.3 Å². The van der Waals surface area contributed by atoms with Crippen molar-refractivity contribution >= 4 is 27.6 Å². The van der Waals surface area contributed by atoms with Crippen molar-refractivity contribution in [1.82, 2.24) is 9.97 Å². The Balaban J connectivity index is 0.000000201. The summed E-state index contributed by atoms with van der Waals surface area (Å²) < 4.78 is 11.0. The lowest BCUT2D eigenvalue weighted by Crippen LogP contribution is -2.02. The van der Waals surface area contributed by atoms with Crippen molar-refractivity contribution in [1.29, 1.82) is 0 Å². The number of nitrogens with zero attached hydrogens (tertiary/aromatic N) is 2. The molecular formula is C27H29BrN4O4. The van der Waals surface area contributed by atoms with Gasteiger partial charge in [-0.15, -0.1) is 0 Å². The van der Waals surface area contributed by atoms with E-state index in [-0.39, 0.29) is 5.75 Å². The second kappa shape index (κ2) is 13.2. The number of aromatic nitrogens is 2. The van der Waals surface area contributed by atoms with Gasteiger partial charge < -0.3 is 30.3 Å². The van der Waals surface area contributed by atoms with Crippen LogP contribution in [-0.4, -0.2) is 34.4 Å². The molecule has 0 saturated carbocycles. The number of para-hydroxylation sites is 2. The number of phenolic OH excluding ortho intramolecular Hbond substituents is 2. The molecule has 0 atom stereocenters. The van der Waals surface area contributed by atoms with Crippen molar-refractivity contribution in [2.24, 2.45) is 0 Å². The van der Waals surface area contributed by atoms with Crippen LogP contribution in [0.5, 0.6) is 23.3 Å². The highest BCUT2D eigenvalue weighted by atomic mass is 79.9. The van der Waals surface area contributed by atoms with Gasteiger partial charge in [-0.2, -0.15) is 9.97 Å². The highest BCUT2D eigenvalue weighted by Crippen LogP contribution is 2.23. The molecule has 4 aromatic rings. The quantitative estimate of drug-likeness (QED) is 0.214. The van der Waals surface area contributed by atoms with E-state index in [9.17, 15) is 10.2 Å². The normalized spacial score (nSPS) is 10.1. The number of nitrogens with one attached hydrogen (secondary N) is 2. The van der Waals surface area contributed by atoms with Gasteiger partial charge in [0.15, 0.2) is 0 Å². The van der Waals surface area contributed by atoms with Gasteiger partial charge in [-0.25, -0.2) is 0 Å². The van der Waals surface area contributed by atoms with Gasteiger partial charge in [0.25, 0.3) is 0 Å². The van der Waals surface area contributed by atoms with Crippen LogP contribution >= 0.6 is 15.9 Å². The molecule has 0 aliphatic rings. The summed E-state index contributed by atoms with van der Waals surface area (Å²) in [6.07, 6.45) is 0. The van der Waals surface area contributed by atoms with Crippen LogP contribution in [-0.2, 0) is 13.1 Å². The number of halogens is 1. The number of hydrogen-bond donors (Lipinski definition) is 4. The molecule has 2 aromatic carbocycles. The Morgan fingerprint density at radius 1 is 0.750 bits per heavy atom. The molecule has 2 heterocycles. The zero-order valence-corrected chi connectivity index (χ0v) is 21.9. The number of aryl methyl sites for hydroxylation is 1. The van der Waals surface area contributed by atoms with Gasteiger partial charge in [-0.05, 0) is 30.7 Å². The Morgan fingerprint density at radius 3 is 2.14 bits per heavy atom. The van der Waals surface area contributed by atoms with Gasteiger partial charge in [0.2, 0.25) is 11.8 Å². The standard InChI is InChI=1S/C14H16N2O2.C13H13BrN2O2/c1-10-5-3-6-11(14(10)17)9-15-12-7-4-8-13(16-12)18-2;1-18-13-7-10(14)6-12(16-13)15-8-9-4-2-3-5-11(9)17/h3-8,17H,9H2,1-2H3,(H,15,16);2-7,17H,8H2,1H3,(H,15,16). The Kier molecular flexibility index (Phi) is 9.76. The maximum Gasteiger partial charge on any atom is 0.216 e. The van der Waals surface area contributed by atoms with Gasteiger partial charge >= 0.3 is 0 Å². The molecule has 8 nitrogen and oxygen atoms in total. The minimum Gasteiger partial charge on any atom is -0.508 e. The molecule has 9 heteroatoms. The van der Waals surface area contributed by atoms with E-state index in [2.05, 4.69) is 36.5 Å². The molecule has 0 amide bonds. The first-order chi connectivity index (χ1) is 17.4. The molecule has 0 unspecified atom stereocenters. The topological polar surface area (TPSA) is 109 Å². The molecule has 0 fully saturated rings. The number of rotatable bonds is 8. The second-order valence-corrected chi connectivity index (χ2v) is 8.61. The van der Waals surface area contributed by atoms with Crippen LogP contribution in [0.1, 0.15) is 16.7 Å². The minimum atomic E-state index is 0.270. The van der Waals surface area contributed by atoms with E-state index in [0.29, 0.717) is 36.4 Å². The van der Waals surface area contributed by atoms with Crippen molar-refractivity contribution in [3.63, 3.8) is 0 Å². The summed E-state index contributed by atoms with van der Waals surface area (Å²) >= 11 is 3.39. The number of pyridine rings is 2. The number of anilines is 2. The van der Waals surface area contributed by atoms with E-state index in [1.54, 1.807) is 38.5 Å². The molecule has 0 spiro atoms. The van der Waals surface area contributed by atoms with Gasteiger partial charge in [-0.3, -0.25) is 0 Å². The van der Waals surface area contributed by atoms with Crippen LogP contribution in [0.4, 0.5) is 11.6 Å². The lowest BCUT2D eigenvalue weighted by atomic mass is 10.1. The Bertz CT molecular complexity index is 1290. The molecule has 188 valence electrons. The maximum absolute atomic E-state index is 9.89.